The van der Waals surface area contributed by atoms with Gasteiger partial charge in [-0.05, 0) is 31.5 Å². The molecule has 0 aliphatic heterocycles. The highest BCUT2D eigenvalue weighted by Crippen LogP contribution is 2.23. The summed E-state index contributed by atoms with van der Waals surface area (Å²) in [5, 5.41) is 3.27. The maximum Gasteiger partial charge on any atom is 0.387 e. The number of hydrogen-bond acceptors (Lipinski definition) is 2. The van der Waals surface area contributed by atoms with Crippen LogP contribution in [0.5, 0.6) is 5.75 Å². The van der Waals surface area contributed by atoms with Crippen LogP contribution in [-0.4, -0.2) is 6.61 Å². The number of alkyl halides is 2. The molecule has 0 aliphatic rings. The Morgan fingerprint density at radius 2 is 1.75 bits per heavy atom. The first-order valence-corrected chi connectivity index (χ1v) is 6.42. The molecule has 1 N–H and O–H groups in total. The van der Waals surface area contributed by atoms with Crippen LogP contribution in [0.2, 0.25) is 0 Å². The zero-order valence-electron chi connectivity index (χ0n) is 11.4. The van der Waals surface area contributed by atoms with Crippen LogP contribution in [-0.2, 0) is 0 Å². The Morgan fingerprint density at radius 1 is 1.05 bits per heavy atom. The lowest BCUT2D eigenvalue weighted by Crippen LogP contribution is -2.07. The monoisotopic (exact) mass is 277 g/mol. The minimum atomic E-state index is -2.81. The van der Waals surface area contributed by atoms with Crippen LogP contribution in [0.4, 0.5) is 14.5 Å². The molecule has 2 aromatic carbocycles. The summed E-state index contributed by atoms with van der Waals surface area (Å²) < 4.78 is 28.7. The third-order valence-corrected chi connectivity index (χ3v) is 3.02. The lowest BCUT2D eigenvalue weighted by atomic mass is 10.1. The van der Waals surface area contributed by atoms with Gasteiger partial charge >= 0.3 is 6.61 Å². The van der Waals surface area contributed by atoms with Crippen LogP contribution in [0.1, 0.15) is 24.1 Å². The Balaban J connectivity index is 2.07. The van der Waals surface area contributed by atoms with Crippen LogP contribution in [0.25, 0.3) is 0 Å². The van der Waals surface area contributed by atoms with Crippen molar-refractivity contribution in [2.45, 2.75) is 26.5 Å². The number of halogens is 2. The maximum absolute atomic E-state index is 12.2. The summed E-state index contributed by atoms with van der Waals surface area (Å²) in [6, 6.07) is 14.8. The van der Waals surface area contributed by atoms with E-state index in [0.717, 1.165) is 11.3 Å². The predicted molar refractivity (Wildman–Crippen MR) is 76.3 cm³/mol. The third-order valence-electron chi connectivity index (χ3n) is 3.02. The molecule has 2 aromatic rings. The molecule has 20 heavy (non-hydrogen) atoms. The van der Waals surface area contributed by atoms with Gasteiger partial charge in [-0.25, -0.2) is 0 Å². The average Bonchev–Trinajstić information content (AvgIpc) is 2.39. The zero-order chi connectivity index (χ0) is 14.5. The van der Waals surface area contributed by atoms with E-state index in [2.05, 4.69) is 10.1 Å². The fraction of sp³-hybridized carbons (Fsp3) is 0.250. The van der Waals surface area contributed by atoms with Crippen LogP contribution < -0.4 is 10.1 Å². The number of aryl methyl sites for hydroxylation is 1. The molecule has 0 spiro atoms. The Hall–Kier alpha value is -2.10. The van der Waals surface area contributed by atoms with E-state index in [1.54, 1.807) is 12.1 Å². The van der Waals surface area contributed by atoms with Gasteiger partial charge in [0.25, 0.3) is 0 Å². The summed E-state index contributed by atoms with van der Waals surface area (Å²) in [5.41, 5.74) is 3.08. The first-order valence-electron chi connectivity index (χ1n) is 6.42. The summed E-state index contributed by atoms with van der Waals surface area (Å²) in [6.07, 6.45) is 0. The highest BCUT2D eigenvalue weighted by atomic mass is 19.3. The Kier molecular flexibility index (Phi) is 4.56. The van der Waals surface area contributed by atoms with Crippen molar-refractivity contribution in [1.29, 1.82) is 0 Å². The fourth-order valence-electron chi connectivity index (χ4n) is 1.95. The molecule has 0 aliphatic carbocycles. The van der Waals surface area contributed by atoms with Crippen LogP contribution >= 0.6 is 0 Å². The second-order valence-electron chi connectivity index (χ2n) is 4.68. The standard InChI is InChI=1S/C16H17F2NO/c1-11-6-8-13(9-7-11)12(2)19-14-4-3-5-15(10-14)20-16(17)18/h3-10,12,16,19H,1-2H3. The normalized spacial score (nSPS) is 12.2. The molecule has 0 saturated carbocycles. The molecular formula is C16H17F2NO. The van der Waals surface area contributed by atoms with Gasteiger partial charge in [0, 0.05) is 17.8 Å². The molecule has 106 valence electrons. The van der Waals surface area contributed by atoms with Gasteiger partial charge in [-0.1, -0.05) is 35.9 Å². The number of hydrogen-bond donors (Lipinski definition) is 1. The molecule has 0 bridgehead atoms. The Morgan fingerprint density at radius 3 is 2.40 bits per heavy atom. The average molecular weight is 277 g/mol. The van der Waals surface area contributed by atoms with E-state index in [9.17, 15) is 8.78 Å². The number of nitrogens with one attached hydrogen (secondary N) is 1. The molecule has 0 radical (unpaired) electrons. The minimum absolute atomic E-state index is 0.0809. The van der Waals surface area contributed by atoms with Crippen LogP contribution in [0.3, 0.4) is 0 Å². The van der Waals surface area contributed by atoms with Crippen molar-refractivity contribution in [2.24, 2.45) is 0 Å². The summed E-state index contributed by atoms with van der Waals surface area (Å²) >= 11 is 0. The van der Waals surface area contributed by atoms with Crippen LogP contribution in [0, 0.1) is 6.92 Å². The van der Waals surface area contributed by atoms with Crippen molar-refractivity contribution in [1.82, 2.24) is 0 Å². The molecule has 2 rings (SSSR count). The minimum Gasteiger partial charge on any atom is -0.435 e. The summed E-state index contributed by atoms with van der Waals surface area (Å²) in [7, 11) is 0. The van der Waals surface area contributed by atoms with Gasteiger partial charge < -0.3 is 10.1 Å². The molecule has 1 unspecified atom stereocenters. The molecule has 0 heterocycles. The summed E-state index contributed by atoms with van der Waals surface area (Å²) in [4.78, 5) is 0. The Labute approximate surface area is 117 Å². The molecule has 0 fully saturated rings. The SMILES string of the molecule is Cc1ccc(C(C)Nc2cccc(OC(F)F)c2)cc1. The number of anilines is 1. The quantitative estimate of drug-likeness (QED) is 0.850. The number of benzene rings is 2. The molecule has 0 amide bonds. The van der Waals surface area contributed by atoms with E-state index in [0.29, 0.717) is 0 Å². The third kappa shape index (κ3) is 3.95. The van der Waals surface area contributed by atoms with Crippen LogP contribution in [0.15, 0.2) is 48.5 Å². The fourth-order valence-corrected chi connectivity index (χ4v) is 1.95. The highest BCUT2D eigenvalue weighted by Gasteiger charge is 2.07. The van der Waals surface area contributed by atoms with Crippen molar-refractivity contribution in [3.8, 4) is 5.75 Å². The molecule has 2 nitrogen and oxygen atoms in total. The second-order valence-corrected chi connectivity index (χ2v) is 4.68. The summed E-state index contributed by atoms with van der Waals surface area (Å²) in [5.74, 6) is 0.154. The second kappa shape index (κ2) is 6.37. The first-order chi connectivity index (χ1) is 9.54. The van der Waals surface area contributed by atoms with Gasteiger partial charge in [0.2, 0.25) is 0 Å². The lowest BCUT2D eigenvalue weighted by molar-refractivity contribution is -0.0498. The lowest BCUT2D eigenvalue weighted by Gasteiger charge is -2.16. The number of rotatable bonds is 5. The van der Waals surface area contributed by atoms with E-state index in [1.807, 2.05) is 44.2 Å². The van der Waals surface area contributed by atoms with Crippen molar-refractivity contribution in [2.75, 3.05) is 5.32 Å². The summed E-state index contributed by atoms with van der Waals surface area (Å²) in [6.45, 7) is 1.25. The van der Waals surface area contributed by atoms with Crippen molar-refractivity contribution < 1.29 is 13.5 Å². The molecule has 1 atom stereocenters. The predicted octanol–water partition coefficient (Wildman–Crippen LogP) is 4.77. The van der Waals surface area contributed by atoms with Gasteiger partial charge in [-0.15, -0.1) is 0 Å². The van der Waals surface area contributed by atoms with Gasteiger partial charge in [0.1, 0.15) is 5.75 Å². The smallest absolute Gasteiger partial charge is 0.387 e. The molecule has 4 heteroatoms. The van der Waals surface area contributed by atoms with Crippen molar-refractivity contribution in [3.63, 3.8) is 0 Å². The van der Waals surface area contributed by atoms with Gasteiger partial charge in [-0.3, -0.25) is 0 Å². The topological polar surface area (TPSA) is 21.3 Å². The van der Waals surface area contributed by atoms with E-state index >= 15 is 0 Å². The van der Waals surface area contributed by atoms with Gasteiger partial charge in [-0.2, -0.15) is 8.78 Å². The van der Waals surface area contributed by atoms with Gasteiger partial charge in [0.05, 0.1) is 0 Å². The zero-order valence-corrected chi connectivity index (χ0v) is 11.4. The maximum atomic E-state index is 12.2. The van der Waals surface area contributed by atoms with Crippen molar-refractivity contribution >= 4 is 5.69 Å². The van der Waals surface area contributed by atoms with Crippen molar-refractivity contribution in [3.05, 3.63) is 59.7 Å². The highest BCUT2D eigenvalue weighted by molar-refractivity contribution is 5.49. The van der Waals surface area contributed by atoms with E-state index in [1.165, 1.54) is 11.6 Å². The van der Waals surface area contributed by atoms with E-state index in [4.69, 9.17) is 0 Å². The molecule has 0 aromatic heterocycles. The first kappa shape index (κ1) is 14.3. The van der Waals surface area contributed by atoms with E-state index in [-0.39, 0.29) is 11.8 Å². The number of ether oxygens (including phenoxy) is 1. The van der Waals surface area contributed by atoms with Gasteiger partial charge in [0.15, 0.2) is 0 Å². The Bertz CT molecular complexity index is 555. The van der Waals surface area contributed by atoms with E-state index < -0.39 is 6.61 Å². The molecular weight excluding hydrogens is 260 g/mol. The molecule has 0 saturated heterocycles. The largest absolute Gasteiger partial charge is 0.435 e.